The van der Waals surface area contributed by atoms with Crippen LogP contribution in [0.1, 0.15) is 39.0 Å². The van der Waals surface area contributed by atoms with Crippen molar-refractivity contribution in [3.8, 4) is 0 Å². The number of thioether (sulfide) groups is 1. The second kappa shape index (κ2) is 6.50. The van der Waals surface area contributed by atoms with Crippen LogP contribution in [0, 0.1) is 0 Å². The van der Waals surface area contributed by atoms with E-state index in [0.717, 1.165) is 44.4 Å². The predicted molar refractivity (Wildman–Crippen MR) is 68.7 cm³/mol. The SMILES string of the molecule is CN(CCCCCO)C(=O)C1(C)CCCS1. The molecular weight excluding hydrogens is 222 g/mol. The number of unbranched alkanes of at least 4 members (excludes halogenated alkanes) is 2. The standard InChI is InChI=1S/C12H23NO2S/c1-12(7-6-10-16-12)11(15)13(2)8-4-3-5-9-14/h14H,3-10H2,1-2H3. The molecule has 1 fully saturated rings. The first-order valence-corrected chi connectivity index (χ1v) is 7.09. The van der Waals surface area contributed by atoms with Crippen molar-refractivity contribution in [2.24, 2.45) is 0 Å². The van der Waals surface area contributed by atoms with Gasteiger partial charge < -0.3 is 10.0 Å². The minimum Gasteiger partial charge on any atom is -0.396 e. The summed E-state index contributed by atoms with van der Waals surface area (Å²) >= 11 is 1.79. The van der Waals surface area contributed by atoms with Gasteiger partial charge in [-0.3, -0.25) is 4.79 Å². The van der Waals surface area contributed by atoms with Crippen LogP contribution in [0.3, 0.4) is 0 Å². The molecule has 94 valence electrons. The number of hydrogen-bond donors (Lipinski definition) is 1. The number of nitrogens with zero attached hydrogens (tertiary/aromatic N) is 1. The molecule has 0 bridgehead atoms. The molecule has 1 saturated heterocycles. The monoisotopic (exact) mass is 245 g/mol. The highest BCUT2D eigenvalue weighted by atomic mass is 32.2. The molecule has 3 nitrogen and oxygen atoms in total. The third-order valence-electron chi connectivity index (χ3n) is 3.17. The van der Waals surface area contributed by atoms with Crippen molar-refractivity contribution < 1.29 is 9.90 Å². The summed E-state index contributed by atoms with van der Waals surface area (Å²) < 4.78 is -0.175. The fourth-order valence-corrected chi connectivity index (χ4v) is 3.40. The first-order chi connectivity index (χ1) is 7.60. The van der Waals surface area contributed by atoms with Crippen LogP contribution in [0.4, 0.5) is 0 Å². The molecule has 1 rings (SSSR count). The van der Waals surface area contributed by atoms with Crippen LogP contribution in [0.25, 0.3) is 0 Å². The van der Waals surface area contributed by atoms with Gasteiger partial charge in [-0.1, -0.05) is 0 Å². The lowest BCUT2D eigenvalue weighted by Crippen LogP contribution is -2.42. The number of hydrogen-bond acceptors (Lipinski definition) is 3. The van der Waals surface area contributed by atoms with Gasteiger partial charge in [0.2, 0.25) is 5.91 Å². The second-order valence-corrected chi connectivity index (χ2v) is 6.29. The van der Waals surface area contributed by atoms with Crippen molar-refractivity contribution in [2.45, 2.75) is 43.8 Å². The van der Waals surface area contributed by atoms with E-state index in [0.29, 0.717) is 0 Å². The predicted octanol–water partition coefficient (Wildman–Crippen LogP) is 1.89. The number of amides is 1. The van der Waals surface area contributed by atoms with Gasteiger partial charge in [-0.2, -0.15) is 0 Å². The summed E-state index contributed by atoms with van der Waals surface area (Å²) in [5, 5.41) is 8.67. The van der Waals surface area contributed by atoms with Gasteiger partial charge in [0, 0.05) is 20.2 Å². The summed E-state index contributed by atoms with van der Waals surface area (Å²) in [5.74, 6) is 1.39. The molecule has 1 heterocycles. The highest BCUT2D eigenvalue weighted by Crippen LogP contribution is 2.38. The summed E-state index contributed by atoms with van der Waals surface area (Å²) in [6.07, 6.45) is 5.00. The van der Waals surface area contributed by atoms with Gasteiger partial charge >= 0.3 is 0 Å². The number of aliphatic hydroxyl groups excluding tert-OH is 1. The summed E-state index contributed by atoms with van der Waals surface area (Å²) in [4.78, 5) is 14.0. The molecule has 1 atom stereocenters. The van der Waals surface area contributed by atoms with Crippen molar-refractivity contribution in [1.82, 2.24) is 4.90 Å². The molecule has 1 aliphatic rings. The Kier molecular flexibility index (Phi) is 5.62. The molecule has 0 aliphatic carbocycles. The maximum atomic E-state index is 12.2. The molecule has 4 heteroatoms. The Balaban J connectivity index is 2.30. The molecule has 1 unspecified atom stereocenters. The fourth-order valence-electron chi connectivity index (χ4n) is 2.09. The lowest BCUT2D eigenvalue weighted by molar-refractivity contribution is -0.132. The van der Waals surface area contributed by atoms with E-state index in [9.17, 15) is 4.79 Å². The summed E-state index contributed by atoms with van der Waals surface area (Å²) in [6, 6.07) is 0. The summed E-state index contributed by atoms with van der Waals surface area (Å²) in [5.41, 5.74) is 0. The number of carbonyl (C=O) groups is 1. The first kappa shape index (κ1) is 13.8. The molecule has 0 aromatic carbocycles. The van der Waals surface area contributed by atoms with Gasteiger partial charge in [-0.05, 0) is 44.8 Å². The molecule has 1 amide bonds. The maximum Gasteiger partial charge on any atom is 0.238 e. The third kappa shape index (κ3) is 3.67. The van der Waals surface area contributed by atoms with E-state index in [2.05, 4.69) is 6.92 Å². The van der Waals surface area contributed by atoms with Gasteiger partial charge in [-0.25, -0.2) is 0 Å². The van der Waals surface area contributed by atoms with Crippen molar-refractivity contribution in [1.29, 1.82) is 0 Å². The Morgan fingerprint density at radius 3 is 2.75 bits per heavy atom. The lowest BCUT2D eigenvalue weighted by Gasteiger charge is -2.28. The fraction of sp³-hybridized carbons (Fsp3) is 0.917. The molecular formula is C12H23NO2S. The van der Waals surface area contributed by atoms with Crippen LogP contribution in [0.5, 0.6) is 0 Å². The van der Waals surface area contributed by atoms with E-state index in [1.165, 1.54) is 0 Å². The van der Waals surface area contributed by atoms with E-state index < -0.39 is 0 Å². The molecule has 0 aromatic rings. The van der Waals surface area contributed by atoms with Crippen LogP contribution in [0.15, 0.2) is 0 Å². The van der Waals surface area contributed by atoms with Crippen molar-refractivity contribution in [2.75, 3.05) is 26.0 Å². The van der Waals surface area contributed by atoms with Crippen molar-refractivity contribution in [3.05, 3.63) is 0 Å². The molecule has 0 aromatic heterocycles. The Morgan fingerprint density at radius 1 is 1.44 bits per heavy atom. The van der Waals surface area contributed by atoms with Gasteiger partial charge in [0.25, 0.3) is 0 Å². The van der Waals surface area contributed by atoms with Crippen LogP contribution in [-0.4, -0.2) is 46.6 Å². The highest BCUT2D eigenvalue weighted by molar-refractivity contribution is 8.01. The third-order valence-corrected chi connectivity index (χ3v) is 4.68. The zero-order chi connectivity index (χ0) is 12.0. The van der Waals surface area contributed by atoms with Crippen molar-refractivity contribution in [3.63, 3.8) is 0 Å². The topological polar surface area (TPSA) is 40.5 Å². The average molecular weight is 245 g/mol. The molecule has 1 aliphatic heterocycles. The Bertz CT molecular complexity index is 227. The highest BCUT2D eigenvalue weighted by Gasteiger charge is 2.38. The van der Waals surface area contributed by atoms with Gasteiger partial charge in [0.1, 0.15) is 0 Å². The normalized spacial score (nSPS) is 24.7. The van der Waals surface area contributed by atoms with Crippen LogP contribution >= 0.6 is 11.8 Å². The largest absolute Gasteiger partial charge is 0.396 e. The van der Waals surface area contributed by atoms with E-state index >= 15 is 0 Å². The molecule has 0 radical (unpaired) electrons. The number of carbonyl (C=O) groups excluding carboxylic acids is 1. The lowest BCUT2D eigenvalue weighted by atomic mass is 10.0. The zero-order valence-corrected chi connectivity index (χ0v) is 11.2. The minimum absolute atomic E-state index is 0.175. The van der Waals surface area contributed by atoms with E-state index in [1.54, 1.807) is 11.8 Å². The average Bonchev–Trinajstić information content (AvgIpc) is 2.71. The first-order valence-electron chi connectivity index (χ1n) is 6.10. The van der Waals surface area contributed by atoms with Crippen LogP contribution in [-0.2, 0) is 4.79 Å². The molecule has 0 spiro atoms. The van der Waals surface area contributed by atoms with Gasteiger partial charge in [-0.15, -0.1) is 11.8 Å². The second-order valence-electron chi connectivity index (χ2n) is 4.69. The van der Waals surface area contributed by atoms with E-state index in [4.69, 9.17) is 5.11 Å². The smallest absolute Gasteiger partial charge is 0.238 e. The minimum atomic E-state index is -0.175. The maximum absolute atomic E-state index is 12.2. The zero-order valence-electron chi connectivity index (χ0n) is 10.4. The quantitative estimate of drug-likeness (QED) is 0.727. The number of rotatable bonds is 6. The molecule has 16 heavy (non-hydrogen) atoms. The number of aliphatic hydroxyl groups is 1. The summed E-state index contributed by atoms with van der Waals surface area (Å²) in [7, 11) is 1.89. The Hall–Kier alpha value is -0.220. The van der Waals surface area contributed by atoms with Gasteiger partial charge in [0.05, 0.1) is 4.75 Å². The van der Waals surface area contributed by atoms with E-state index in [-0.39, 0.29) is 17.3 Å². The van der Waals surface area contributed by atoms with Crippen LogP contribution in [0.2, 0.25) is 0 Å². The van der Waals surface area contributed by atoms with Crippen LogP contribution < -0.4 is 0 Å². The van der Waals surface area contributed by atoms with Crippen molar-refractivity contribution >= 4 is 17.7 Å². The Labute approximate surface area is 103 Å². The molecule has 1 N–H and O–H groups in total. The molecule has 0 saturated carbocycles. The van der Waals surface area contributed by atoms with Gasteiger partial charge in [0.15, 0.2) is 0 Å². The van der Waals surface area contributed by atoms with E-state index in [1.807, 2.05) is 11.9 Å². The summed E-state index contributed by atoms with van der Waals surface area (Å²) in [6.45, 7) is 3.14. The Morgan fingerprint density at radius 2 is 2.19 bits per heavy atom.